The largest absolute Gasteiger partial charge is 0.490 e. The van der Waals surface area contributed by atoms with E-state index in [9.17, 15) is 28.5 Å². The van der Waals surface area contributed by atoms with Crippen LogP contribution >= 0.6 is 23.5 Å². The van der Waals surface area contributed by atoms with Crippen LogP contribution in [0.3, 0.4) is 0 Å². The van der Waals surface area contributed by atoms with E-state index in [1.54, 1.807) is 5.48 Å². The Bertz CT molecular complexity index is 1010. The predicted octanol–water partition coefficient (Wildman–Crippen LogP) is -0.626. The molecular weight excluding hydrogens is 498 g/mol. The van der Waals surface area contributed by atoms with Crippen LogP contribution in [0.4, 0.5) is 10.2 Å². The number of alkyl halides is 1. The maximum absolute atomic E-state index is 15.0. The molecule has 1 aliphatic rings. The molecule has 1 saturated heterocycles. The lowest BCUT2D eigenvalue weighted by atomic mass is 9.98. The van der Waals surface area contributed by atoms with Crippen LogP contribution in [0.15, 0.2) is 17.1 Å². The summed E-state index contributed by atoms with van der Waals surface area (Å²) in [5, 5.41) is 18.8. The molecule has 2 rings (SSSR count). The second-order valence-corrected chi connectivity index (χ2v) is 10.5. The Labute approximate surface area is 171 Å². The number of aliphatic hydroxyl groups excluding tert-OH is 1. The molecule has 21 heteroatoms. The molecule has 178 valence electrons. The van der Waals surface area contributed by atoms with Gasteiger partial charge in [-0.2, -0.15) is 13.6 Å². The Morgan fingerprint density at radius 2 is 1.87 bits per heavy atom. The van der Waals surface area contributed by atoms with Crippen LogP contribution in [-0.4, -0.2) is 63.9 Å². The summed E-state index contributed by atoms with van der Waals surface area (Å²) in [6, 6.07) is 1.06. The summed E-state index contributed by atoms with van der Waals surface area (Å²) in [6.45, 7) is -0.308. The monoisotopic (exact) mass is 515 g/mol. The van der Waals surface area contributed by atoms with Gasteiger partial charge in [-0.15, -0.1) is 0 Å². The second kappa shape index (κ2) is 9.03. The van der Waals surface area contributed by atoms with Gasteiger partial charge in [-0.25, -0.2) is 22.9 Å². The highest BCUT2D eigenvalue weighted by Crippen LogP contribution is 2.66. The zero-order valence-corrected chi connectivity index (χ0v) is 17.8. The summed E-state index contributed by atoms with van der Waals surface area (Å²) < 4.78 is 65.7. The van der Waals surface area contributed by atoms with E-state index in [1.165, 1.54) is 0 Å². The van der Waals surface area contributed by atoms with Gasteiger partial charge in [0.2, 0.25) is 0 Å². The van der Waals surface area contributed by atoms with Gasteiger partial charge in [0.05, 0.1) is 6.61 Å². The van der Waals surface area contributed by atoms with Gasteiger partial charge >= 0.3 is 29.2 Å². The van der Waals surface area contributed by atoms with Gasteiger partial charge in [0.15, 0.2) is 17.7 Å². The molecule has 1 fully saturated rings. The number of nitrogens with one attached hydrogen (secondary N) is 1. The number of halogens is 1. The number of hydrogen-bond acceptors (Lipinski definition) is 12. The van der Waals surface area contributed by atoms with Gasteiger partial charge < -0.3 is 29.4 Å². The molecule has 17 nitrogen and oxygen atoms in total. The van der Waals surface area contributed by atoms with E-state index in [0.29, 0.717) is 4.57 Å². The summed E-state index contributed by atoms with van der Waals surface area (Å²) in [5.41, 5.74) is -2.19. The van der Waals surface area contributed by atoms with Gasteiger partial charge in [-0.1, -0.05) is 0 Å². The third-order valence-corrected chi connectivity index (χ3v) is 7.53. The van der Waals surface area contributed by atoms with Crippen LogP contribution in [0.1, 0.15) is 13.2 Å². The number of phosphoric ester groups is 1. The Morgan fingerprint density at radius 1 is 1.26 bits per heavy atom. The average molecular weight is 515 g/mol. The third-order valence-electron chi connectivity index (χ3n) is 3.73. The van der Waals surface area contributed by atoms with Crippen molar-refractivity contribution < 1.29 is 65.9 Å². The minimum absolute atomic E-state index is 0.274. The summed E-state index contributed by atoms with van der Waals surface area (Å²) in [7, 11) is -16.9. The maximum atomic E-state index is 15.0. The summed E-state index contributed by atoms with van der Waals surface area (Å²) in [6.07, 6.45) is -4.64. The fourth-order valence-electron chi connectivity index (χ4n) is 2.47. The van der Waals surface area contributed by atoms with E-state index in [1.807, 2.05) is 0 Å². The highest BCUT2D eigenvalue weighted by atomic mass is 31.3. The predicted molar refractivity (Wildman–Crippen MR) is 93.2 cm³/mol. The molecule has 3 unspecified atom stereocenters. The summed E-state index contributed by atoms with van der Waals surface area (Å²) in [4.78, 5) is 50.7. The number of aliphatic hydroxyl groups is 1. The number of aromatic nitrogens is 2. The van der Waals surface area contributed by atoms with Crippen LogP contribution in [0.25, 0.3) is 0 Å². The Morgan fingerprint density at radius 3 is 2.39 bits per heavy atom. The molecule has 31 heavy (non-hydrogen) atoms. The van der Waals surface area contributed by atoms with Crippen molar-refractivity contribution >= 4 is 29.3 Å². The van der Waals surface area contributed by atoms with Crippen molar-refractivity contribution in [2.75, 3.05) is 12.1 Å². The van der Waals surface area contributed by atoms with Gasteiger partial charge in [0.25, 0.3) is 0 Å². The van der Waals surface area contributed by atoms with Gasteiger partial charge in [-0.3, -0.25) is 19.8 Å². The SMILES string of the molecule is C[C@@]1(F)C(O)[C@@H](COP(=O)(O)OP(=O)(O)OP(=O)(O)O)O[C@H]1n1ccc(NO)nc1=O. The molecule has 0 radical (unpaired) electrons. The molecule has 6 atom stereocenters. The zero-order valence-electron chi connectivity index (χ0n) is 15.2. The van der Waals surface area contributed by atoms with Gasteiger partial charge in [0, 0.05) is 6.20 Å². The van der Waals surface area contributed by atoms with E-state index in [-0.39, 0.29) is 5.82 Å². The molecule has 0 aromatic carbocycles. The Hall–Kier alpha value is -1.10. The van der Waals surface area contributed by atoms with Crippen molar-refractivity contribution in [2.45, 2.75) is 31.0 Å². The van der Waals surface area contributed by atoms with Crippen LogP contribution in [0, 0.1) is 0 Å². The fourth-order valence-corrected chi connectivity index (χ4v) is 5.50. The maximum Gasteiger partial charge on any atom is 0.490 e. The third kappa shape index (κ3) is 6.69. The lowest BCUT2D eigenvalue weighted by molar-refractivity contribution is -0.0604. The first-order valence-electron chi connectivity index (χ1n) is 7.77. The van der Waals surface area contributed by atoms with Crippen molar-refractivity contribution in [1.82, 2.24) is 9.55 Å². The van der Waals surface area contributed by atoms with E-state index < -0.39 is 59.9 Å². The summed E-state index contributed by atoms with van der Waals surface area (Å²) in [5.74, 6) is -0.274. The topological polar surface area (TPSA) is 256 Å². The van der Waals surface area contributed by atoms with Crippen molar-refractivity contribution in [1.29, 1.82) is 0 Å². The molecular formula is C10H17FN3O14P3. The molecule has 0 aliphatic carbocycles. The fraction of sp³-hybridized carbons (Fsp3) is 0.600. The van der Waals surface area contributed by atoms with Crippen LogP contribution < -0.4 is 11.2 Å². The lowest BCUT2D eigenvalue weighted by Crippen LogP contribution is -2.43. The molecule has 7 N–H and O–H groups in total. The molecule has 1 aliphatic heterocycles. The van der Waals surface area contributed by atoms with Crippen LogP contribution in [-0.2, 0) is 31.6 Å². The van der Waals surface area contributed by atoms with Crippen molar-refractivity contribution in [3.63, 3.8) is 0 Å². The molecule has 0 spiro atoms. The van der Waals surface area contributed by atoms with E-state index in [0.717, 1.165) is 19.2 Å². The summed E-state index contributed by atoms with van der Waals surface area (Å²) >= 11 is 0. The number of ether oxygens (including phenoxy) is 1. The molecule has 2 heterocycles. The molecule has 1 aromatic heterocycles. The molecule has 0 amide bonds. The zero-order chi connectivity index (χ0) is 23.8. The quantitative estimate of drug-likeness (QED) is 0.160. The average Bonchev–Trinajstić information content (AvgIpc) is 2.80. The number of phosphoric acid groups is 3. The van der Waals surface area contributed by atoms with Crippen molar-refractivity contribution in [3.05, 3.63) is 22.7 Å². The normalized spacial score (nSPS) is 30.5. The highest BCUT2D eigenvalue weighted by molar-refractivity contribution is 7.66. The first-order chi connectivity index (χ1) is 14.0. The van der Waals surface area contributed by atoms with Crippen LogP contribution in [0.2, 0.25) is 0 Å². The first kappa shape index (κ1) is 26.2. The Balaban J connectivity index is 2.13. The van der Waals surface area contributed by atoms with Crippen molar-refractivity contribution in [2.24, 2.45) is 0 Å². The van der Waals surface area contributed by atoms with E-state index in [4.69, 9.17) is 24.6 Å². The molecule has 0 saturated carbocycles. The number of hydrogen-bond donors (Lipinski definition) is 7. The molecule has 0 bridgehead atoms. The molecule has 1 aromatic rings. The number of anilines is 1. The van der Waals surface area contributed by atoms with Crippen molar-refractivity contribution in [3.8, 4) is 0 Å². The number of nitrogens with zero attached hydrogens (tertiary/aromatic N) is 2. The minimum Gasteiger partial charge on any atom is -0.387 e. The van der Waals surface area contributed by atoms with Crippen LogP contribution in [0.5, 0.6) is 0 Å². The second-order valence-electron chi connectivity index (χ2n) is 6.12. The highest BCUT2D eigenvalue weighted by Gasteiger charge is 2.56. The number of rotatable bonds is 9. The Kier molecular flexibility index (Phi) is 7.62. The van der Waals surface area contributed by atoms with Gasteiger partial charge in [0.1, 0.15) is 12.2 Å². The van der Waals surface area contributed by atoms with E-state index in [2.05, 4.69) is 18.1 Å². The smallest absolute Gasteiger partial charge is 0.387 e. The van der Waals surface area contributed by atoms with Gasteiger partial charge in [-0.05, 0) is 13.0 Å². The minimum atomic E-state index is -5.77. The standard InChI is InChI=1S/C10H17FN3O14P3/c1-10(11)7(15)5(26-8(10)14-3-2-6(13-17)12-9(14)16)4-25-30(21,22)28-31(23,24)27-29(18,19)20/h2-3,5,7-8,15,17H,4H2,1H3,(H,21,22)(H,23,24)(H,12,13,16)(H2,18,19,20)/t5-,7?,8-,10-/m1/s1. The van der Waals surface area contributed by atoms with E-state index >= 15 is 4.39 Å². The first-order valence-corrected chi connectivity index (χ1v) is 12.3. The lowest BCUT2D eigenvalue weighted by Gasteiger charge is -2.24.